The van der Waals surface area contributed by atoms with Crippen molar-refractivity contribution in [2.45, 2.75) is 23.8 Å². The van der Waals surface area contributed by atoms with Crippen LogP contribution in [0.4, 0.5) is 5.69 Å². The monoisotopic (exact) mass is 226 g/mol. The van der Waals surface area contributed by atoms with Crippen LogP contribution < -0.4 is 9.62 Å². The van der Waals surface area contributed by atoms with Crippen molar-refractivity contribution in [2.24, 2.45) is 0 Å². The standard InChI is InChI=1S/C10H11ClN2S/c11-8-2-1-3-9-10(8)14-12-6-13(9)7-4-5-7/h1-3,7,12H,4-6H2. The van der Waals surface area contributed by atoms with E-state index in [1.807, 2.05) is 12.1 Å². The number of anilines is 1. The van der Waals surface area contributed by atoms with Gasteiger partial charge in [-0.05, 0) is 36.9 Å². The van der Waals surface area contributed by atoms with Crippen LogP contribution in [0.15, 0.2) is 23.1 Å². The van der Waals surface area contributed by atoms with Crippen molar-refractivity contribution >= 4 is 29.2 Å². The highest BCUT2D eigenvalue weighted by Gasteiger charge is 2.32. The van der Waals surface area contributed by atoms with Crippen LogP contribution in [0.3, 0.4) is 0 Å². The number of fused-ring (bicyclic) bond motifs is 1. The zero-order chi connectivity index (χ0) is 9.54. The van der Waals surface area contributed by atoms with E-state index in [4.69, 9.17) is 11.6 Å². The fourth-order valence-electron chi connectivity index (χ4n) is 1.80. The first kappa shape index (κ1) is 8.89. The van der Waals surface area contributed by atoms with E-state index in [2.05, 4.69) is 15.7 Å². The molecular weight excluding hydrogens is 216 g/mol. The van der Waals surface area contributed by atoms with Gasteiger partial charge in [0.25, 0.3) is 0 Å². The van der Waals surface area contributed by atoms with Crippen LogP contribution in [0.1, 0.15) is 12.8 Å². The quantitative estimate of drug-likeness (QED) is 0.742. The molecule has 0 spiro atoms. The van der Waals surface area contributed by atoms with Gasteiger partial charge in [0, 0.05) is 6.04 Å². The summed E-state index contributed by atoms with van der Waals surface area (Å²) in [6.07, 6.45) is 2.64. The Morgan fingerprint density at radius 2 is 2.29 bits per heavy atom. The van der Waals surface area contributed by atoms with Crippen LogP contribution in [-0.4, -0.2) is 12.7 Å². The molecule has 1 aromatic rings. The summed E-state index contributed by atoms with van der Waals surface area (Å²) in [7, 11) is 0. The van der Waals surface area contributed by atoms with Crippen LogP contribution >= 0.6 is 23.5 Å². The highest BCUT2D eigenvalue weighted by molar-refractivity contribution is 7.97. The lowest BCUT2D eigenvalue weighted by Gasteiger charge is -2.31. The molecule has 1 heterocycles. The summed E-state index contributed by atoms with van der Waals surface area (Å²) >= 11 is 7.79. The highest BCUT2D eigenvalue weighted by atomic mass is 35.5. The normalized spacial score (nSPS) is 20.8. The Kier molecular flexibility index (Phi) is 2.11. The molecule has 3 rings (SSSR count). The van der Waals surface area contributed by atoms with Crippen molar-refractivity contribution in [1.82, 2.24) is 4.72 Å². The van der Waals surface area contributed by atoms with Crippen molar-refractivity contribution in [3.63, 3.8) is 0 Å². The summed E-state index contributed by atoms with van der Waals surface area (Å²) in [5.41, 5.74) is 1.30. The average molecular weight is 227 g/mol. The molecule has 14 heavy (non-hydrogen) atoms. The van der Waals surface area contributed by atoms with Gasteiger partial charge in [0.1, 0.15) is 0 Å². The van der Waals surface area contributed by atoms with E-state index >= 15 is 0 Å². The second-order valence-corrected chi connectivity index (χ2v) is 5.00. The Labute approximate surface area is 92.8 Å². The summed E-state index contributed by atoms with van der Waals surface area (Å²) < 4.78 is 3.31. The van der Waals surface area contributed by atoms with Crippen LogP contribution in [0, 0.1) is 0 Å². The number of nitrogens with one attached hydrogen (secondary N) is 1. The van der Waals surface area contributed by atoms with Gasteiger partial charge in [-0.2, -0.15) is 0 Å². The number of nitrogens with zero attached hydrogens (tertiary/aromatic N) is 1. The number of halogens is 1. The number of hydrogen-bond acceptors (Lipinski definition) is 3. The maximum Gasteiger partial charge on any atom is 0.0781 e. The predicted octanol–water partition coefficient (Wildman–Crippen LogP) is 2.88. The minimum absolute atomic E-state index is 0.737. The Balaban J connectivity index is 2.05. The third kappa shape index (κ3) is 1.40. The molecule has 0 atom stereocenters. The minimum Gasteiger partial charge on any atom is -0.354 e. The van der Waals surface area contributed by atoms with Crippen molar-refractivity contribution in [2.75, 3.05) is 11.6 Å². The average Bonchev–Trinajstić information content (AvgIpc) is 3.01. The van der Waals surface area contributed by atoms with Crippen LogP contribution in [-0.2, 0) is 0 Å². The largest absolute Gasteiger partial charge is 0.354 e. The van der Waals surface area contributed by atoms with Crippen molar-refractivity contribution in [3.05, 3.63) is 23.2 Å². The fraction of sp³-hybridized carbons (Fsp3) is 0.400. The van der Waals surface area contributed by atoms with E-state index in [1.54, 1.807) is 11.9 Å². The highest BCUT2D eigenvalue weighted by Crippen LogP contribution is 2.42. The van der Waals surface area contributed by atoms with E-state index in [0.717, 1.165) is 17.7 Å². The first-order valence-corrected chi connectivity index (χ1v) is 6.00. The van der Waals surface area contributed by atoms with Gasteiger partial charge in [0.15, 0.2) is 0 Å². The van der Waals surface area contributed by atoms with Crippen molar-refractivity contribution in [1.29, 1.82) is 0 Å². The Hall–Kier alpha value is -0.380. The Morgan fingerprint density at radius 3 is 3.07 bits per heavy atom. The van der Waals surface area contributed by atoms with Gasteiger partial charge >= 0.3 is 0 Å². The topological polar surface area (TPSA) is 15.3 Å². The lowest BCUT2D eigenvalue weighted by Crippen LogP contribution is -2.36. The molecule has 4 heteroatoms. The van der Waals surface area contributed by atoms with E-state index in [0.29, 0.717) is 0 Å². The number of rotatable bonds is 1. The molecule has 1 aliphatic carbocycles. The molecule has 74 valence electrons. The minimum atomic E-state index is 0.737. The maximum absolute atomic E-state index is 6.15. The molecule has 0 radical (unpaired) electrons. The summed E-state index contributed by atoms with van der Waals surface area (Å²) in [6.45, 7) is 0.933. The molecule has 0 saturated heterocycles. The second-order valence-electron chi connectivity index (χ2n) is 3.69. The molecule has 0 aromatic heterocycles. The molecule has 1 N–H and O–H groups in total. The van der Waals surface area contributed by atoms with Crippen molar-refractivity contribution in [3.8, 4) is 0 Å². The van der Waals surface area contributed by atoms with E-state index in [-0.39, 0.29) is 0 Å². The van der Waals surface area contributed by atoms with Gasteiger partial charge in [-0.25, -0.2) is 4.72 Å². The molecule has 1 aliphatic heterocycles. The van der Waals surface area contributed by atoms with E-state index < -0.39 is 0 Å². The van der Waals surface area contributed by atoms with Gasteiger partial charge in [-0.3, -0.25) is 0 Å². The maximum atomic E-state index is 6.15. The summed E-state index contributed by atoms with van der Waals surface area (Å²) in [4.78, 5) is 3.59. The molecule has 0 unspecified atom stereocenters. The Bertz CT molecular complexity index is 365. The first-order chi connectivity index (χ1) is 6.86. The van der Waals surface area contributed by atoms with Gasteiger partial charge in [0.05, 0.1) is 22.3 Å². The van der Waals surface area contributed by atoms with Crippen LogP contribution in [0.2, 0.25) is 5.02 Å². The van der Waals surface area contributed by atoms with Crippen molar-refractivity contribution < 1.29 is 0 Å². The molecule has 2 nitrogen and oxygen atoms in total. The molecular formula is C10H11ClN2S. The number of benzene rings is 1. The van der Waals surface area contributed by atoms with Gasteiger partial charge in [0.2, 0.25) is 0 Å². The summed E-state index contributed by atoms with van der Waals surface area (Å²) in [5, 5.41) is 0.852. The summed E-state index contributed by atoms with van der Waals surface area (Å²) in [5.74, 6) is 0. The summed E-state index contributed by atoms with van der Waals surface area (Å²) in [6, 6.07) is 6.88. The number of hydrogen-bond donors (Lipinski definition) is 1. The molecule has 0 bridgehead atoms. The van der Waals surface area contributed by atoms with Crippen LogP contribution in [0.25, 0.3) is 0 Å². The Morgan fingerprint density at radius 1 is 1.43 bits per heavy atom. The van der Waals surface area contributed by atoms with Gasteiger partial charge in [-0.15, -0.1) is 0 Å². The predicted molar refractivity (Wildman–Crippen MR) is 60.8 cm³/mol. The molecule has 0 amide bonds. The zero-order valence-corrected chi connectivity index (χ0v) is 9.24. The molecule has 2 aliphatic rings. The lowest BCUT2D eigenvalue weighted by molar-refractivity contribution is 0.755. The third-order valence-corrected chi connectivity index (χ3v) is 3.99. The van der Waals surface area contributed by atoms with Crippen LogP contribution in [0.5, 0.6) is 0 Å². The van der Waals surface area contributed by atoms with E-state index in [9.17, 15) is 0 Å². The second kappa shape index (κ2) is 3.33. The van der Waals surface area contributed by atoms with E-state index in [1.165, 1.54) is 23.4 Å². The fourth-order valence-corrected chi connectivity index (χ4v) is 2.88. The smallest absolute Gasteiger partial charge is 0.0781 e. The zero-order valence-electron chi connectivity index (χ0n) is 7.66. The molecule has 1 aromatic carbocycles. The SMILES string of the molecule is Clc1cccc2c1SNCN2C1CC1. The van der Waals surface area contributed by atoms with Gasteiger partial charge in [-0.1, -0.05) is 17.7 Å². The molecule has 1 fully saturated rings. The third-order valence-electron chi connectivity index (χ3n) is 2.65. The molecule has 1 saturated carbocycles. The first-order valence-electron chi connectivity index (χ1n) is 4.81. The lowest BCUT2D eigenvalue weighted by atomic mass is 10.3. The van der Waals surface area contributed by atoms with Gasteiger partial charge < -0.3 is 4.90 Å².